The molecule has 2 N–H and O–H groups in total. The van der Waals surface area contributed by atoms with E-state index in [4.69, 9.17) is 5.11 Å². The molecule has 1 heterocycles. The molecule has 14 heavy (non-hydrogen) atoms. The van der Waals surface area contributed by atoms with Crippen LogP contribution in [-0.2, 0) is 4.79 Å². The molecule has 0 atom stereocenters. The molecule has 0 spiro atoms. The number of carbonyl (C=O) groups is 1. The Hall–Kier alpha value is -1.03. The van der Waals surface area contributed by atoms with Crippen molar-refractivity contribution in [3.63, 3.8) is 0 Å². The van der Waals surface area contributed by atoms with E-state index in [1.54, 1.807) is 11.3 Å². The molecule has 1 aromatic rings. The minimum Gasteiger partial charge on any atom is -0.481 e. The highest BCUT2D eigenvalue weighted by Crippen LogP contribution is 2.21. The topological polar surface area (TPSA) is 49.3 Å². The quantitative estimate of drug-likeness (QED) is 0.714. The molecule has 4 heteroatoms. The summed E-state index contributed by atoms with van der Waals surface area (Å²) in [6.45, 7) is 2.92. The second-order valence-electron chi connectivity index (χ2n) is 3.21. The number of carboxylic acids is 1. The molecule has 0 saturated carbocycles. The Bertz CT molecular complexity index is 296. The number of hydrogen-bond donors (Lipinski definition) is 2. The van der Waals surface area contributed by atoms with E-state index >= 15 is 0 Å². The van der Waals surface area contributed by atoms with Crippen molar-refractivity contribution >= 4 is 22.3 Å². The zero-order valence-corrected chi connectivity index (χ0v) is 9.06. The van der Waals surface area contributed by atoms with Gasteiger partial charge in [-0.2, -0.15) is 0 Å². The van der Waals surface area contributed by atoms with Crippen LogP contribution in [0.2, 0.25) is 0 Å². The third-order valence-corrected chi connectivity index (χ3v) is 2.94. The first-order valence-corrected chi connectivity index (χ1v) is 5.58. The SMILES string of the molecule is Cc1ccsc1NCCCCC(=O)O. The number of aliphatic carboxylic acids is 1. The molecular formula is C10H15NO2S. The summed E-state index contributed by atoms with van der Waals surface area (Å²) in [6, 6.07) is 2.07. The van der Waals surface area contributed by atoms with Crippen LogP contribution < -0.4 is 5.32 Å². The van der Waals surface area contributed by atoms with E-state index < -0.39 is 5.97 Å². The average Bonchev–Trinajstić information content (AvgIpc) is 2.51. The summed E-state index contributed by atoms with van der Waals surface area (Å²) in [5.41, 5.74) is 1.26. The zero-order valence-electron chi connectivity index (χ0n) is 8.25. The fourth-order valence-corrected chi connectivity index (χ4v) is 2.00. The molecular weight excluding hydrogens is 198 g/mol. The maximum absolute atomic E-state index is 10.2. The largest absolute Gasteiger partial charge is 0.481 e. The third kappa shape index (κ3) is 3.79. The molecule has 0 aliphatic heterocycles. The molecule has 1 aromatic heterocycles. The molecule has 0 saturated heterocycles. The van der Waals surface area contributed by atoms with E-state index in [1.807, 2.05) is 0 Å². The fourth-order valence-electron chi connectivity index (χ4n) is 1.16. The van der Waals surface area contributed by atoms with Crippen LogP contribution >= 0.6 is 11.3 Å². The first kappa shape index (κ1) is 11.0. The van der Waals surface area contributed by atoms with Gasteiger partial charge in [-0.25, -0.2) is 0 Å². The minimum atomic E-state index is -0.711. The number of nitrogens with one attached hydrogen (secondary N) is 1. The zero-order chi connectivity index (χ0) is 10.4. The molecule has 0 aliphatic carbocycles. The molecule has 78 valence electrons. The Morgan fingerprint density at radius 1 is 1.57 bits per heavy atom. The Morgan fingerprint density at radius 3 is 2.93 bits per heavy atom. The molecule has 0 aliphatic rings. The van der Waals surface area contributed by atoms with Gasteiger partial charge in [-0.3, -0.25) is 4.79 Å². The first-order chi connectivity index (χ1) is 6.70. The lowest BCUT2D eigenvalue weighted by Gasteiger charge is -2.03. The maximum atomic E-state index is 10.2. The third-order valence-electron chi connectivity index (χ3n) is 1.97. The summed E-state index contributed by atoms with van der Waals surface area (Å²) in [7, 11) is 0. The predicted molar refractivity (Wildman–Crippen MR) is 59.0 cm³/mol. The normalized spacial score (nSPS) is 10.1. The number of rotatable bonds is 6. The molecule has 0 unspecified atom stereocenters. The average molecular weight is 213 g/mol. The molecule has 0 bridgehead atoms. The molecule has 0 fully saturated rings. The van der Waals surface area contributed by atoms with Crippen LogP contribution in [-0.4, -0.2) is 17.6 Å². The number of anilines is 1. The standard InChI is InChI=1S/C10H15NO2S/c1-8-5-7-14-10(8)11-6-3-2-4-9(12)13/h5,7,11H,2-4,6H2,1H3,(H,12,13). The highest BCUT2D eigenvalue weighted by molar-refractivity contribution is 7.14. The van der Waals surface area contributed by atoms with Crippen molar-refractivity contribution in [1.29, 1.82) is 0 Å². The molecule has 3 nitrogen and oxygen atoms in total. The van der Waals surface area contributed by atoms with Gasteiger partial charge in [0.05, 0.1) is 5.00 Å². The van der Waals surface area contributed by atoms with Gasteiger partial charge in [0.2, 0.25) is 0 Å². The summed E-state index contributed by atoms with van der Waals surface area (Å²) in [6.07, 6.45) is 1.92. The van der Waals surface area contributed by atoms with Crippen molar-refractivity contribution in [2.75, 3.05) is 11.9 Å². The highest BCUT2D eigenvalue weighted by Gasteiger charge is 1.99. The van der Waals surface area contributed by atoms with Gasteiger partial charge in [0.25, 0.3) is 0 Å². The number of aryl methyl sites for hydroxylation is 1. The lowest BCUT2D eigenvalue weighted by Crippen LogP contribution is -2.02. The highest BCUT2D eigenvalue weighted by atomic mass is 32.1. The van der Waals surface area contributed by atoms with Gasteiger partial charge in [0, 0.05) is 13.0 Å². The molecule has 0 amide bonds. The Morgan fingerprint density at radius 2 is 2.36 bits per heavy atom. The van der Waals surface area contributed by atoms with Crippen LogP contribution in [0.5, 0.6) is 0 Å². The van der Waals surface area contributed by atoms with Gasteiger partial charge in [-0.15, -0.1) is 11.3 Å². The lowest BCUT2D eigenvalue weighted by molar-refractivity contribution is -0.137. The van der Waals surface area contributed by atoms with Crippen LogP contribution in [0.1, 0.15) is 24.8 Å². The lowest BCUT2D eigenvalue weighted by atomic mass is 10.2. The van der Waals surface area contributed by atoms with Gasteiger partial charge in [-0.05, 0) is 36.8 Å². The number of unbranched alkanes of at least 4 members (excludes halogenated alkanes) is 1. The van der Waals surface area contributed by atoms with E-state index in [0.717, 1.165) is 19.4 Å². The fraction of sp³-hybridized carbons (Fsp3) is 0.500. The van der Waals surface area contributed by atoms with Crippen molar-refractivity contribution < 1.29 is 9.90 Å². The molecule has 1 rings (SSSR count). The van der Waals surface area contributed by atoms with Crippen molar-refractivity contribution in [2.45, 2.75) is 26.2 Å². The summed E-state index contributed by atoms with van der Waals surface area (Å²) in [5, 5.41) is 15.0. The van der Waals surface area contributed by atoms with E-state index in [0.29, 0.717) is 0 Å². The van der Waals surface area contributed by atoms with Crippen molar-refractivity contribution in [3.05, 3.63) is 17.0 Å². The van der Waals surface area contributed by atoms with Crippen LogP contribution in [0.4, 0.5) is 5.00 Å². The van der Waals surface area contributed by atoms with Gasteiger partial charge < -0.3 is 10.4 Å². The molecule has 0 radical (unpaired) electrons. The van der Waals surface area contributed by atoms with E-state index in [2.05, 4.69) is 23.7 Å². The second-order valence-corrected chi connectivity index (χ2v) is 4.13. The number of hydrogen-bond acceptors (Lipinski definition) is 3. The number of thiophene rings is 1. The summed E-state index contributed by atoms with van der Waals surface area (Å²) >= 11 is 1.69. The maximum Gasteiger partial charge on any atom is 0.303 e. The Kier molecular flexibility index (Phi) is 4.46. The first-order valence-electron chi connectivity index (χ1n) is 4.70. The van der Waals surface area contributed by atoms with Gasteiger partial charge >= 0.3 is 5.97 Å². The van der Waals surface area contributed by atoms with Crippen LogP contribution in [0.15, 0.2) is 11.4 Å². The van der Waals surface area contributed by atoms with E-state index in [9.17, 15) is 4.79 Å². The van der Waals surface area contributed by atoms with Gasteiger partial charge in [-0.1, -0.05) is 0 Å². The van der Waals surface area contributed by atoms with Crippen LogP contribution in [0.25, 0.3) is 0 Å². The minimum absolute atomic E-state index is 0.269. The molecule has 0 aromatic carbocycles. The summed E-state index contributed by atoms with van der Waals surface area (Å²) in [5.74, 6) is -0.711. The van der Waals surface area contributed by atoms with E-state index in [-0.39, 0.29) is 6.42 Å². The monoisotopic (exact) mass is 213 g/mol. The number of carboxylic acid groups (broad SMARTS) is 1. The van der Waals surface area contributed by atoms with Gasteiger partial charge in [0.1, 0.15) is 0 Å². The smallest absolute Gasteiger partial charge is 0.303 e. The van der Waals surface area contributed by atoms with Crippen LogP contribution in [0, 0.1) is 6.92 Å². The Balaban J connectivity index is 2.10. The predicted octanol–water partition coefficient (Wildman–Crippen LogP) is 2.72. The van der Waals surface area contributed by atoms with Crippen LogP contribution in [0.3, 0.4) is 0 Å². The summed E-state index contributed by atoms with van der Waals surface area (Å²) in [4.78, 5) is 10.2. The Labute approximate surface area is 87.8 Å². The van der Waals surface area contributed by atoms with Crippen molar-refractivity contribution in [3.8, 4) is 0 Å². The van der Waals surface area contributed by atoms with Crippen molar-refractivity contribution in [2.24, 2.45) is 0 Å². The van der Waals surface area contributed by atoms with Gasteiger partial charge in [0.15, 0.2) is 0 Å². The summed E-state index contributed by atoms with van der Waals surface area (Å²) < 4.78 is 0. The van der Waals surface area contributed by atoms with E-state index in [1.165, 1.54) is 10.6 Å². The van der Waals surface area contributed by atoms with Crippen molar-refractivity contribution in [1.82, 2.24) is 0 Å². The second kappa shape index (κ2) is 5.65.